The van der Waals surface area contributed by atoms with Gasteiger partial charge in [0, 0.05) is 11.0 Å². The molecule has 0 aliphatic carbocycles. The zero-order valence-electron chi connectivity index (χ0n) is 9.48. The van der Waals surface area contributed by atoms with E-state index in [0.717, 1.165) is 5.56 Å². The first-order chi connectivity index (χ1) is 8.97. The van der Waals surface area contributed by atoms with E-state index < -0.39 is 0 Å². The molecular formula is C13H8BrCl3FN. The van der Waals surface area contributed by atoms with Crippen molar-refractivity contribution in [3.63, 3.8) is 0 Å². The average molecular weight is 383 g/mol. The fourth-order valence-electron chi connectivity index (χ4n) is 1.51. The zero-order chi connectivity index (χ0) is 14.0. The van der Waals surface area contributed by atoms with Crippen molar-refractivity contribution in [2.24, 2.45) is 0 Å². The minimum atomic E-state index is -0.289. The van der Waals surface area contributed by atoms with Crippen molar-refractivity contribution in [1.82, 2.24) is 0 Å². The molecule has 0 aromatic heterocycles. The largest absolute Gasteiger partial charge is 0.380 e. The maximum Gasteiger partial charge on any atom is 0.124 e. The topological polar surface area (TPSA) is 12.0 Å². The molecule has 0 amide bonds. The lowest BCUT2D eigenvalue weighted by molar-refractivity contribution is 0.626. The summed E-state index contributed by atoms with van der Waals surface area (Å²) in [6.45, 7) is 0.485. The molecule has 0 atom stereocenters. The van der Waals surface area contributed by atoms with Gasteiger partial charge >= 0.3 is 0 Å². The number of benzene rings is 2. The van der Waals surface area contributed by atoms with E-state index in [4.69, 9.17) is 34.8 Å². The molecule has 19 heavy (non-hydrogen) atoms. The number of anilines is 1. The number of rotatable bonds is 3. The fourth-order valence-corrected chi connectivity index (χ4v) is 2.62. The number of nitrogens with one attached hydrogen (secondary N) is 1. The Hall–Kier alpha value is -0.480. The van der Waals surface area contributed by atoms with E-state index in [1.54, 1.807) is 18.2 Å². The summed E-state index contributed by atoms with van der Waals surface area (Å²) in [5.74, 6) is -0.289. The van der Waals surface area contributed by atoms with Crippen LogP contribution in [-0.2, 0) is 6.54 Å². The highest BCUT2D eigenvalue weighted by molar-refractivity contribution is 9.10. The van der Waals surface area contributed by atoms with Crippen LogP contribution in [0.3, 0.4) is 0 Å². The number of hydrogen-bond acceptors (Lipinski definition) is 1. The average Bonchev–Trinajstić information content (AvgIpc) is 2.34. The van der Waals surface area contributed by atoms with Crippen LogP contribution in [0.1, 0.15) is 5.56 Å². The number of halogens is 5. The monoisotopic (exact) mass is 381 g/mol. The first kappa shape index (κ1) is 14.9. The van der Waals surface area contributed by atoms with Crippen LogP contribution in [0.15, 0.2) is 34.8 Å². The lowest BCUT2D eigenvalue weighted by Gasteiger charge is -2.11. The van der Waals surface area contributed by atoms with Crippen molar-refractivity contribution >= 4 is 56.4 Å². The normalized spacial score (nSPS) is 10.6. The van der Waals surface area contributed by atoms with Crippen LogP contribution in [0.25, 0.3) is 0 Å². The van der Waals surface area contributed by atoms with E-state index in [-0.39, 0.29) is 5.82 Å². The molecule has 0 unspecified atom stereocenters. The van der Waals surface area contributed by atoms with Gasteiger partial charge in [-0.15, -0.1) is 0 Å². The van der Waals surface area contributed by atoms with Gasteiger partial charge in [0.05, 0.1) is 20.8 Å². The highest BCUT2D eigenvalue weighted by atomic mass is 79.9. The Morgan fingerprint density at radius 3 is 2.37 bits per heavy atom. The third-order valence-electron chi connectivity index (χ3n) is 2.49. The second-order valence-electron chi connectivity index (χ2n) is 3.84. The Bertz CT molecular complexity index is 619. The SMILES string of the molecule is Fc1ccc(CNc2cc(Cl)c(Cl)cc2Cl)c(Br)c1. The molecule has 0 spiro atoms. The molecule has 0 saturated carbocycles. The number of hydrogen-bond donors (Lipinski definition) is 1. The summed E-state index contributed by atoms with van der Waals surface area (Å²) < 4.78 is 13.7. The van der Waals surface area contributed by atoms with Gasteiger partial charge in [0.15, 0.2) is 0 Å². The first-order valence-corrected chi connectivity index (χ1v) is 7.22. The third-order valence-corrected chi connectivity index (χ3v) is 4.27. The lowest BCUT2D eigenvalue weighted by atomic mass is 10.2. The first-order valence-electron chi connectivity index (χ1n) is 5.29. The van der Waals surface area contributed by atoms with Gasteiger partial charge in [0.2, 0.25) is 0 Å². The van der Waals surface area contributed by atoms with Crippen molar-refractivity contribution in [3.8, 4) is 0 Å². The molecule has 0 saturated heterocycles. The molecule has 1 nitrogen and oxygen atoms in total. The molecule has 0 fully saturated rings. The predicted molar refractivity (Wildman–Crippen MR) is 82.9 cm³/mol. The van der Waals surface area contributed by atoms with Crippen molar-refractivity contribution in [2.75, 3.05) is 5.32 Å². The minimum Gasteiger partial charge on any atom is -0.380 e. The molecule has 0 bridgehead atoms. The molecule has 1 N–H and O–H groups in total. The van der Waals surface area contributed by atoms with Crippen LogP contribution < -0.4 is 5.32 Å². The molecule has 2 aromatic carbocycles. The van der Waals surface area contributed by atoms with Gasteiger partial charge < -0.3 is 5.32 Å². The second-order valence-corrected chi connectivity index (χ2v) is 5.91. The summed E-state index contributed by atoms with van der Waals surface area (Å²) in [7, 11) is 0. The van der Waals surface area contributed by atoms with Gasteiger partial charge in [0.1, 0.15) is 5.82 Å². The third kappa shape index (κ3) is 3.76. The van der Waals surface area contributed by atoms with Crippen LogP contribution >= 0.6 is 50.7 Å². The Morgan fingerprint density at radius 1 is 1.00 bits per heavy atom. The van der Waals surface area contributed by atoms with E-state index in [1.807, 2.05) is 0 Å². The van der Waals surface area contributed by atoms with Gasteiger partial charge in [-0.2, -0.15) is 0 Å². The molecular weight excluding hydrogens is 375 g/mol. The fraction of sp³-hybridized carbons (Fsp3) is 0.0769. The quantitative estimate of drug-likeness (QED) is 0.626. The Labute approximate surface area is 133 Å². The van der Waals surface area contributed by atoms with Crippen LogP contribution in [-0.4, -0.2) is 0 Å². The summed E-state index contributed by atoms with van der Waals surface area (Å²) in [6, 6.07) is 7.74. The Balaban J connectivity index is 2.16. The van der Waals surface area contributed by atoms with Crippen molar-refractivity contribution in [1.29, 1.82) is 0 Å². The summed E-state index contributed by atoms with van der Waals surface area (Å²) in [6.07, 6.45) is 0. The maximum absolute atomic E-state index is 13.0. The lowest BCUT2D eigenvalue weighted by Crippen LogP contribution is -2.01. The molecule has 2 aromatic rings. The van der Waals surface area contributed by atoms with Crippen molar-refractivity contribution in [3.05, 3.63) is 61.3 Å². The minimum absolute atomic E-state index is 0.289. The molecule has 100 valence electrons. The van der Waals surface area contributed by atoms with E-state index in [1.165, 1.54) is 12.1 Å². The van der Waals surface area contributed by atoms with E-state index in [0.29, 0.717) is 31.8 Å². The summed E-state index contributed by atoms with van der Waals surface area (Å²) >= 11 is 21.1. The van der Waals surface area contributed by atoms with Crippen LogP contribution in [0.2, 0.25) is 15.1 Å². The van der Waals surface area contributed by atoms with Gasteiger partial charge in [-0.25, -0.2) is 4.39 Å². The van der Waals surface area contributed by atoms with Gasteiger partial charge in [-0.3, -0.25) is 0 Å². The molecule has 2 rings (SSSR count). The Kier molecular flexibility index (Phi) is 4.96. The molecule has 0 radical (unpaired) electrons. The Morgan fingerprint density at radius 2 is 1.68 bits per heavy atom. The predicted octanol–water partition coefficient (Wildman–Crippen LogP) is 6.16. The standard InChI is InChI=1S/C13H8BrCl3FN/c14-9-3-8(18)2-1-7(9)6-19-13-5-11(16)10(15)4-12(13)17/h1-5,19H,6H2. The molecule has 0 aliphatic rings. The molecule has 0 aliphatic heterocycles. The van der Waals surface area contributed by atoms with Crippen molar-refractivity contribution < 1.29 is 4.39 Å². The van der Waals surface area contributed by atoms with E-state index in [2.05, 4.69) is 21.2 Å². The van der Waals surface area contributed by atoms with E-state index in [9.17, 15) is 4.39 Å². The summed E-state index contributed by atoms with van der Waals surface area (Å²) in [4.78, 5) is 0. The smallest absolute Gasteiger partial charge is 0.124 e. The van der Waals surface area contributed by atoms with Gasteiger partial charge in [0.25, 0.3) is 0 Å². The maximum atomic E-state index is 13.0. The zero-order valence-corrected chi connectivity index (χ0v) is 13.3. The van der Waals surface area contributed by atoms with Gasteiger partial charge in [-0.1, -0.05) is 56.8 Å². The summed E-state index contributed by atoms with van der Waals surface area (Å²) in [5, 5.41) is 4.44. The van der Waals surface area contributed by atoms with E-state index >= 15 is 0 Å². The van der Waals surface area contributed by atoms with Crippen LogP contribution in [0.4, 0.5) is 10.1 Å². The van der Waals surface area contributed by atoms with Crippen LogP contribution in [0.5, 0.6) is 0 Å². The second kappa shape index (κ2) is 6.31. The highest BCUT2D eigenvalue weighted by Crippen LogP contribution is 2.32. The summed E-state index contributed by atoms with van der Waals surface area (Å²) in [5.41, 5.74) is 1.58. The van der Waals surface area contributed by atoms with Crippen LogP contribution in [0, 0.1) is 5.82 Å². The molecule has 0 heterocycles. The van der Waals surface area contributed by atoms with Crippen molar-refractivity contribution in [2.45, 2.75) is 6.54 Å². The molecule has 6 heteroatoms. The van der Waals surface area contributed by atoms with Gasteiger partial charge in [-0.05, 0) is 29.8 Å². The highest BCUT2D eigenvalue weighted by Gasteiger charge is 2.07.